The number of aliphatic carboxylic acids is 1. The second kappa shape index (κ2) is 7.75. The summed E-state index contributed by atoms with van der Waals surface area (Å²) in [5.41, 5.74) is -2.36. The van der Waals surface area contributed by atoms with Crippen LogP contribution in [0.1, 0.15) is 39.7 Å². The SMILES string of the molecule is CCC(NC(=O)OC(C)(C)C)[C@@](O)(C(=O)O)c1ccc(-n2nccn2)cc1. The molecule has 1 amide bonds. The summed E-state index contributed by atoms with van der Waals surface area (Å²) < 4.78 is 5.17. The molecule has 0 radical (unpaired) electrons. The molecule has 0 aliphatic rings. The third kappa shape index (κ3) is 4.62. The van der Waals surface area contributed by atoms with Crippen LogP contribution in [-0.2, 0) is 15.1 Å². The lowest BCUT2D eigenvalue weighted by atomic mass is 9.84. The quantitative estimate of drug-likeness (QED) is 0.702. The molecule has 2 aromatic rings. The number of benzene rings is 1. The molecule has 0 saturated carbocycles. The minimum Gasteiger partial charge on any atom is -0.479 e. The lowest BCUT2D eigenvalue weighted by Gasteiger charge is -2.33. The van der Waals surface area contributed by atoms with Crippen LogP contribution < -0.4 is 5.32 Å². The van der Waals surface area contributed by atoms with Crippen molar-refractivity contribution in [1.82, 2.24) is 20.3 Å². The summed E-state index contributed by atoms with van der Waals surface area (Å²) in [7, 11) is 0. The van der Waals surface area contributed by atoms with E-state index >= 15 is 0 Å². The molecule has 0 fully saturated rings. The van der Waals surface area contributed by atoms with Gasteiger partial charge in [0.25, 0.3) is 0 Å². The van der Waals surface area contributed by atoms with E-state index < -0.39 is 29.3 Å². The summed E-state index contributed by atoms with van der Waals surface area (Å²) in [6.07, 6.45) is 2.40. The maximum absolute atomic E-state index is 12.1. The van der Waals surface area contributed by atoms with Crippen LogP contribution in [-0.4, -0.2) is 48.9 Å². The minimum atomic E-state index is -2.33. The van der Waals surface area contributed by atoms with Crippen LogP contribution in [0.2, 0.25) is 0 Å². The first-order valence-corrected chi connectivity index (χ1v) is 8.50. The molecule has 2 rings (SSSR count). The first kappa shape index (κ1) is 20.4. The highest BCUT2D eigenvalue weighted by Crippen LogP contribution is 2.28. The zero-order chi connectivity index (χ0) is 20.2. The second-order valence-electron chi connectivity index (χ2n) is 7.04. The summed E-state index contributed by atoms with van der Waals surface area (Å²) in [4.78, 5) is 25.4. The molecule has 9 heteroatoms. The first-order valence-electron chi connectivity index (χ1n) is 8.50. The monoisotopic (exact) mass is 376 g/mol. The second-order valence-corrected chi connectivity index (χ2v) is 7.04. The van der Waals surface area contributed by atoms with E-state index in [1.165, 1.54) is 29.3 Å². The Bertz CT molecular complexity index is 783. The third-order valence-electron chi connectivity index (χ3n) is 3.89. The van der Waals surface area contributed by atoms with Crippen LogP contribution in [0.3, 0.4) is 0 Å². The van der Waals surface area contributed by atoms with Gasteiger partial charge in [0.15, 0.2) is 0 Å². The van der Waals surface area contributed by atoms with Crippen molar-refractivity contribution in [2.24, 2.45) is 0 Å². The molecule has 146 valence electrons. The van der Waals surface area contributed by atoms with E-state index in [2.05, 4.69) is 15.5 Å². The molecule has 27 heavy (non-hydrogen) atoms. The summed E-state index contributed by atoms with van der Waals surface area (Å²) in [6.45, 7) is 6.74. The van der Waals surface area contributed by atoms with Gasteiger partial charge in [-0.1, -0.05) is 19.1 Å². The van der Waals surface area contributed by atoms with Crippen molar-refractivity contribution in [3.8, 4) is 5.69 Å². The number of carbonyl (C=O) groups excluding carboxylic acids is 1. The van der Waals surface area contributed by atoms with Gasteiger partial charge >= 0.3 is 12.1 Å². The Morgan fingerprint density at radius 3 is 2.19 bits per heavy atom. The van der Waals surface area contributed by atoms with Crippen molar-refractivity contribution < 1.29 is 24.5 Å². The standard InChI is InChI=1S/C18H24N4O5/c1-5-14(21-16(25)27-17(2,3)4)18(26,15(23)24)12-6-8-13(9-7-12)22-19-10-11-20-22/h6-11,14,26H,5H2,1-4H3,(H,21,25)(H,23,24)/t14?,18-/m1/s1. The molecular formula is C18H24N4O5. The Balaban J connectivity index is 2.31. The topological polar surface area (TPSA) is 127 Å². The zero-order valence-corrected chi connectivity index (χ0v) is 15.7. The summed E-state index contributed by atoms with van der Waals surface area (Å²) in [5.74, 6) is -1.48. The number of carbonyl (C=O) groups is 2. The highest BCUT2D eigenvalue weighted by atomic mass is 16.6. The molecule has 3 N–H and O–H groups in total. The van der Waals surface area contributed by atoms with Gasteiger partial charge in [-0.2, -0.15) is 15.0 Å². The lowest BCUT2D eigenvalue weighted by molar-refractivity contribution is -0.163. The Labute approximate surface area is 157 Å². The summed E-state index contributed by atoms with van der Waals surface area (Å²) in [6, 6.07) is 5.00. The maximum atomic E-state index is 12.1. The molecule has 1 aromatic carbocycles. The number of carboxylic acids is 1. The average Bonchev–Trinajstić information content (AvgIpc) is 3.12. The number of nitrogens with one attached hydrogen (secondary N) is 1. The maximum Gasteiger partial charge on any atom is 0.407 e. The number of amides is 1. The molecule has 1 aromatic heterocycles. The average molecular weight is 376 g/mol. The van der Waals surface area contributed by atoms with Crippen LogP contribution in [0, 0.1) is 0 Å². The van der Waals surface area contributed by atoms with Crippen molar-refractivity contribution in [2.45, 2.75) is 51.4 Å². The van der Waals surface area contributed by atoms with Crippen LogP contribution >= 0.6 is 0 Å². The Kier molecular flexibility index (Phi) is 5.85. The highest BCUT2D eigenvalue weighted by molar-refractivity contribution is 5.81. The molecule has 1 unspecified atom stereocenters. The molecule has 0 aliphatic carbocycles. The Morgan fingerprint density at radius 1 is 1.19 bits per heavy atom. The van der Waals surface area contributed by atoms with Crippen molar-refractivity contribution in [2.75, 3.05) is 0 Å². The molecule has 0 spiro atoms. The molecule has 0 aliphatic heterocycles. The number of carboxylic acid groups (broad SMARTS) is 1. The van der Waals surface area contributed by atoms with E-state index in [1.54, 1.807) is 39.8 Å². The van der Waals surface area contributed by atoms with E-state index in [0.717, 1.165) is 0 Å². The van der Waals surface area contributed by atoms with E-state index in [0.29, 0.717) is 5.69 Å². The van der Waals surface area contributed by atoms with E-state index in [-0.39, 0.29) is 12.0 Å². The number of aromatic nitrogens is 3. The van der Waals surface area contributed by atoms with Crippen LogP contribution in [0.5, 0.6) is 0 Å². The number of ether oxygens (including phenoxy) is 1. The predicted octanol–water partition coefficient (Wildman–Crippen LogP) is 1.84. The predicted molar refractivity (Wildman–Crippen MR) is 96.3 cm³/mol. The Morgan fingerprint density at radius 2 is 1.74 bits per heavy atom. The smallest absolute Gasteiger partial charge is 0.407 e. The van der Waals surface area contributed by atoms with Gasteiger partial charge in [0.05, 0.1) is 24.1 Å². The van der Waals surface area contributed by atoms with Gasteiger partial charge in [0, 0.05) is 0 Å². The molecule has 9 nitrogen and oxygen atoms in total. The van der Waals surface area contributed by atoms with Gasteiger partial charge in [-0.05, 0) is 44.9 Å². The van der Waals surface area contributed by atoms with E-state index in [9.17, 15) is 19.8 Å². The number of nitrogens with zero attached hydrogens (tertiary/aromatic N) is 3. The van der Waals surface area contributed by atoms with Gasteiger partial charge in [-0.3, -0.25) is 0 Å². The van der Waals surface area contributed by atoms with Gasteiger partial charge < -0.3 is 20.3 Å². The number of hydrogen-bond acceptors (Lipinski definition) is 6. The fraction of sp³-hybridized carbons (Fsp3) is 0.444. The number of alkyl carbamates (subject to hydrolysis) is 1. The Hall–Kier alpha value is -2.94. The molecule has 1 heterocycles. The summed E-state index contributed by atoms with van der Waals surface area (Å²) >= 11 is 0. The normalized spacial score (nSPS) is 14.9. The fourth-order valence-electron chi connectivity index (χ4n) is 2.62. The lowest BCUT2D eigenvalue weighted by Crippen LogP contribution is -2.55. The van der Waals surface area contributed by atoms with Crippen molar-refractivity contribution in [3.05, 3.63) is 42.2 Å². The fourth-order valence-corrected chi connectivity index (χ4v) is 2.62. The van der Waals surface area contributed by atoms with Crippen LogP contribution in [0.15, 0.2) is 36.7 Å². The van der Waals surface area contributed by atoms with Crippen molar-refractivity contribution in [1.29, 1.82) is 0 Å². The number of aliphatic hydroxyl groups is 1. The van der Waals surface area contributed by atoms with Gasteiger partial charge in [-0.25, -0.2) is 9.59 Å². The molecule has 0 bridgehead atoms. The zero-order valence-electron chi connectivity index (χ0n) is 15.7. The molecule has 2 atom stereocenters. The molecular weight excluding hydrogens is 352 g/mol. The van der Waals surface area contributed by atoms with Gasteiger partial charge in [0.1, 0.15) is 5.60 Å². The largest absolute Gasteiger partial charge is 0.479 e. The van der Waals surface area contributed by atoms with Crippen molar-refractivity contribution >= 4 is 12.1 Å². The van der Waals surface area contributed by atoms with Crippen LogP contribution in [0.4, 0.5) is 4.79 Å². The third-order valence-corrected chi connectivity index (χ3v) is 3.89. The summed E-state index contributed by atoms with van der Waals surface area (Å²) in [5, 5.41) is 31.1. The first-order chi connectivity index (χ1) is 12.6. The number of rotatable bonds is 6. The van der Waals surface area contributed by atoms with Crippen LogP contribution in [0.25, 0.3) is 5.69 Å². The van der Waals surface area contributed by atoms with Gasteiger partial charge in [0.2, 0.25) is 5.60 Å². The van der Waals surface area contributed by atoms with Crippen molar-refractivity contribution in [3.63, 3.8) is 0 Å². The minimum absolute atomic E-state index is 0.119. The van der Waals surface area contributed by atoms with E-state index in [4.69, 9.17) is 4.74 Å². The van der Waals surface area contributed by atoms with Gasteiger partial charge in [-0.15, -0.1) is 0 Å². The van der Waals surface area contributed by atoms with E-state index in [1.807, 2.05) is 0 Å². The number of hydrogen-bond donors (Lipinski definition) is 3. The molecule has 0 saturated heterocycles. The highest BCUT2D eigenvalue weighted by Gasteiger charge is 2.46.